The van der Waals surface area contributed by atoms with Crippen LogP contribution in [0.1, 0.15) is 23.9 Å². The molecule has 0 aliphatic rings. The predicted molar refractivity (Wildman–Crippen MR) is 170 cm³/mol. The molecule has 1 N–H and O–H groups in total. The molecule has 0 unspecified atom stereocenters. The Bertz CT molecular complexity index is 1820. The van der Waals surface area contributed by atoms with Gasteiger partial charge in [0, 0.05) is 35.2 Å². The van der Waals surface area contributed by atoms with Crippen molar-refractivity contribution in [3.63, 3.8) is 0 Å². The van der Waals surface area contributed by atoms with Crippen molar-refractivity contribution in [1.82, 2.24) is 19.9 Å². The van der Waals surface area contributed by atoms with Gasteiger partial charge in [0.1, 0.15) is 30.3 Å². The number of thiazole rings is 1. The molecule has 5 rings (SSSR count). The van der Waals surface area contributed by atoms with Gasteiger partial charge in [-0.05, 0) is 64.3 Å². The van der Waals surface area contributed by atoms with Crippen LogP contribution in [0, 0.1) is 5.82 Å². The lowest BCUT2D eigenvalue weighted by Crippen LogP contribution is -2.14. The fraction of sp³-hybridized carbons (Fsp3) is 0.267. The summed E-state index contributed by atoms with van der Waals surface area (Å²) in [6.07, 6.45) is 4.66. The zero-order valence-corrected chi connectivity index (χ0v) is 26.5. The summed E-state index contributed by atoms with van der Waals surface area (Å²) in [6, 6.07) is 13.8. The van der Waals surface area contributed by atoms with Crippen LogP contribution >= 0.6 is 27.3 Å². The Hall–Kier alpha value is -3.52. The summed E-state index contributed by atoms with van der Waals surface area (Å²) in [7, 11) is -3.01. The minimum atomic E-state index is -3.01. The van der Waals surface area contributed by atoms with Gasteiger partial charge in [-0.1, -0.05) is 19.1 Å². The predicted octanol–water partition coefficient (Wildman–Crippen LogP) is 6.76. The van der Waals surface area contributed by atoms with E-state index in [1.807, 2.05) is 35.7 Å². The molecular formula is C30H29BrFN5O4S2. The molecule has 0 fully saturated rings. The van der Waals surface area contributed by atoms with Gasteiger partial charge in [-0.3, -0.25) is 4.98 Å². The van der Waals surface area contributed by atoms with Crippen LogP contribution < -0.4 is 10.1 Å². The summed E-state index contributed by atoms with van der Waals surface area (Å²) in [5.41, 5.74) is 3.68. The summed E-state index contributed by atoms with van der Waals surface area (Å²) >= 11 is 5.11. The molecule has 3 heterocycles. The highest BCUT2D eigenvalue weighted by atomic mass is 79.9. The normalized spacial score (nSPS) is 11.6. The number of halogens is 2. The van der Waals surface area contributed by atoms with Crippen LogP contribution in [0.3, 0.4) is 0 Å². The standard InChI is InChI=1S/C30H29BrFN5O4S2/c1-2-43(38,39)12-11-40-10-4-7-29-37-27(18-42-29)25-15-23-26(16-33-25)34-19-35-30(23)36-22-8-9-28(24(31)14-22)41-17-20-5-3-6-21(32)13-20/h3,5-6,8-9,13-16,18-19H,2,4,7,10-12,17H2,1H3,(H,34,35,36). The second-order valence-electron chi connectivity index (χ2n) is 9.58. The molecule has 0 saturated heterocycles. The Morgan fingerprint density at radius 1 is 1.05 bits per heavy atom. The molecule has 224 valence electrons. The van der Waals surface area contributed by atoms with Crippen LogP contribution in [-0.4, -0.2) is 53.1 Å². The van der Waals surface area contributed by atoms with E-state index in [-0.39, 0.29) is 30.5 Å². The maximum atomic E-state index is 13.5. The number of ether oxygens (including phenoxy) is 2. The number of sulfone groups is 1. The molecule has 2 aromatic carbocycles. The van der Waals surface area contributed by atoms with Crippen LogP contribution in [0.5, 0.6) is 5.75 Å². The van der Waals surface area contributed by atoms with Crippen LogP contribution in [0.25, 0.3) is 22.3 Å². The Morgan fingerprint density at radius 3 is 2.74 bits per heavy atom. The van der Waals surface area contributed by atoms with Gasteiger partial charge in [-0.15, -0.1) is 11.3 Å². The number of aromatic nitrogens is 4. The number of aryl methyl sites for hydroxylation is 1. The van der Waals surface area contributed by atoms with Crippen molar-refractivity contribution in [3.05, 3.63) is 87.3 Å². The minimum absolute atomic E-state index is 0.0497. The molecule has 0 aliphatic heterocycles. The molecule has 0 saturated carbocycles. The number of hydrogen-bond donors (Lipinski definition) is 1. The Morgan fingerprint density at radius 2 is 1.93 bits per heavy atom. The summed E-state index contributed by atoms with van der Waals surface area (Å²) in [5.74, 6) is 1.13. The van der Waals surface area contributed by atoms with Crippen molar-refractivity contribution in [2.75, 3.05) is 30.0 Å². The van der Waals surface area contributed by atoms with Crippen molar-refractivity contribution >= 4 is 59.5 Å². The molecule has 0 aliphatic carbocycles. The SMILES string of the molecule is CCS(=O)(=O)CCOCCCc1nc(-c2cc3c(Nc4ccc(OCc5cccc(F)c5)c(Br)c4)ncnc3cn2)cs1. The van der Waals surface area contributed by atoms with E-state index in [4.69, 9.17) is 14.5 Å². The fourth-order valence-electron chi connectivity index (χ4n) is 4.12. The Kier molecular flexibility index (Phi) is 10.3. The third-order valence-electron chi connectivity index (χ3n) is 6.47. The molecule has 0 bridgehead atoms. The van der Waals surface area contributed by atoms with E-state index in [0.29, 0.717) is 29.4 Å². The van der Waals surface area contributed by atoms with E-state index in [0.717, 1.165) is 44.7 Å². The molecular weight excluding hydrogens is 657 g/mol. The molecule has 0 spiro atoms. The van der Waals surface area contributed by atoms with E-state index in [1.54, 1.807) is 30.5 Å². The van der Waals surface area contributed by atoms with Crippen LogP contribution in [0.15, 0.2) is 70.9 Å². The number of hydrogen-bond acceptors (Lipinski definition) is 10. The van der Waals surface area contributed by atoms with Crippen LogP contribution in [0.2, 0.25) is 0 Å². The van der Waals surface area contributed by atoms with Gasteiger partial charge in [0.2, 0.25) is 0 Å². The Labute approximate surface area is 261 Å². The smallest absolute Gasteiger partial charge is 0.152 e. The molecule has 0 atom stereocenters. The van der Waals surface area contributed by atoms with E-state index in [1.165, 1.54) is 18.5 Å². The van der Waals surface area contributed by atoms with Gasteiger partial charge in [0.15, 0.2) is 9.84 Å². The van der Waals surface area contributed by atoms with Crippen LogP contribution in [-0.2, 0) is 27.6 Å². The van der Waals surface area contributed by atoms with E-state index in [9.17, 15) is 12.8 Å². The van der Waals surface area contributed by atoms with Crippen molar-refractivity contribution < 1.29 is 22.3 Å². The number of nitrogens with one attached hydrogen (secondary N) is 1. The first-order valence-electron chi connectivity index (χ1n) is 13.6. The number of pyridine rings is 1. The van der Waals surface area contributed by atoms with Gasteiger partial charge in [-0.25, -0.2) is 27.8 Å². The third-order valence-corrected chi connectivity index (χ3v) is 9.67. The highest BCUT2D eigenvalue weighted by Crippen LogP contribution is 2.32. The molecule has 3 aromatic heterocycles. The van der Waals surface area contributed by atoms with Crippen molar-refractivity contribution in [3.8, 4) is 17.1 Å². The minimum Gasteiger partial charge on any atom is -0.488 e. The lowest BCUT2D eigenvalue weighted by atomic mass is 10.2. The first-order valence-corrected chi connectivity index (χ1v) is 17.1. The van der Waals surface area contributed by atoms with Crippen LogP contribution in [0.4, 0.5) is 15.9 Å². The largest absolute Gasteiger partial charge is 0.488 e. The summed E-state index contributed by atoms with van der Waals surface area (Å²) in [4.78, 5) is 18.1. The fourth-order valence-corrected chi connectivity index (χ4v) is 6.11. The van der Waals surface area contributed by atoms with E-state index >= 15 is 0 Å². The molecule has 43 heavy (non-hydrogen) atoms. The molecule has 13 heteroatoms. The molecule has 9 nitrogen and oxygen atoms in total. The van der Waals surface area contributed by atoms with Gasteiger partial charge in [0.25, 0.3) is 0 Å². The Balaban J connectivity index is 1.22. The molecule has 0 radical (unpaired) electrons. The zero-order valence-electron chi connectivity index (χ0n) is 23.3. The van der Waals surface area contributed by atoms with Gasteiger partial charge >= 0.3 is 0 Å². The zero-order chi connectivity index (χ0) is 30.2. The second-order valence-corrected chi connectivity index (χ2v) is 13.8. The average molecular weight is 687 g/mol. The number of benzene rings is 2. The topological polar surface area (TPSA) is 116 Å². The van der Waals surface area contributed by atoms with Crippen molar-refractivity contribution in [2.45, 2.75) is 26.4 Å². The highest BCUT2D eigenvalue weighted by molar-refractivity contribution is 9.10. The summed E-state index contributed by atoms with van der Waals surface area (Å²) < 4.78 is 48.7. The first kappa shape index (κ1) is 30.9. The number of nitrogens with zero attached hydrogens (tertiary/aromatic N) is 4. The number of rotatable bonds is 14. The quantitative estimate of drug-likeness (QED) is 0.127. The van der Waals surface area contributed by atoms with E-state index < -0.39 is 9.84 Å². The van der Waals surface area contributed by atoms with E-state index in [2.05, 4.69) is 36.2 Å². The van der Waals surface area contributed by atoms with Crippen molar-refractivity contribution in [2.24, 2.45) is 0 Å². The summed E-state index contributed by atoms with van der Waals surface area (Å²) in [6.45, 7) is 2.57. The maximum absolute atomic E-state index is 13.5. The average Bonchev–Trinajstić information content (AvgIpc) is 3.47. The van der Waals surface area contributed by atoms with Gasteiger partial charge in [-0.2, -0.15) is 0 Å². The number of fused-ring (bicyclic) bond motifs is 1. The monoisotopic (exact) mass is 685 g/mol. The lowest BCUT2D eigenvalue weighted by molar-refractivity contribution is 0.146. The van der Waals surface area contributed by atoms with Crippen molar-refractivity contribution in [1.29, 1.82) is 0 Å². The molecule has 0 amide bonds. The maximum Gasteiger partial charge on any atom is 0.152 e. The third kappa shape index (κ3) is 8.53. The second kappa shape index (κ2) is 14.3. The highest BCUT2D eigenvalue weighted by Gasteiger charge is 2.12. The lowest BCUT2D eigenvalue weighted by Gasteiger charge is -2.12. The number of anilines is 2. The van der Waals surface area contributed by atoms with Gasteiger partial charge < -0.3 is 14.8 Å². The summed E-state index contributed by atoms with van der Waals surface area (Å²) in [5, 5.41) is 7.07. The van der Waals surface area contributed by atoms with Gasteiger partial charge in [0.05, 0.1) is 44.9 Å². The molecule has 5 aromatic rings. The first-order chi connectivity index (χ1) is 20.8.